The van der Waals surface area contributed by atoms with Crippen LogP contribution in [0.1, 0.15) is 37.7 Å². The predicted octanol–water partition coefficient (Wildman–Crippen LogP) is 3.36. The lowest BCUT2D eigenvalue weighted by atomic mass is 10.1. The SMILES string of the molecule is CN(CCOC(=O)CCl)[C@@H]1C[C@@H](OCc2ccccc2)C[C@H]1OC1CCCCO1. The van der Waals surface area contributed by atoms with Gasteiger partial charge in [-0.1, -0.05) is 30.3 Å². The Morgan fingerprint density at radius 1 is 1.24 bits per heavy atom. The molecule has 1 saturated heterocycles. The third kappa shape index (κ3) is 7.23. The first kappa shape index (κ1) is 22.5. The van der Waals surface area contributed by atoms with Gasteiger partial charge in [-0.2, -0.15) is 0 Å². The molecule has 162 valence electrons. The second-order valence-electron chi connectivity index (χ2n) is 7.76. The average Bonchev–Trinajstić information content (AvgIpc) is 3.16. The van der Waals surface area contributed by atoms with Crippen molar-refractivity contribution in [2.24, 2.45) is 0 Å². The van der Waals surface area contributed by atoms with Crippen LogP contribution >= 0.6 is 11.6 Å². The average molecular weight is 426 g/mol. The van der Waals surface area contributed by atoms with Crippen LogP contribution in [0.2, 0.25) is 0 Å². The first-order chi connectivity index (χ1) is 14.2. The van der Waals surface area contributed by atoms with Crippen LogP contribution in [0.4, 0.5) is 0 Å². The molecule has 29 heavy (non-hydrogen) atoms. The number of nitrogens with zero attached hydrogens (tertiary/aromatic N) is 1. The third-order valence-corrected chi connectivity index (χ3v) is 5.82. The minimum Gasteiger partial charge on any atom is -0.463 e. The van der Waals surface area contributed by atoms with Crippen molar-refractivity contribution in [3.63, 3.8) is 0 Å². The summed E-state index contributed by atoms with van der Waals surface area (Å²) in [7, 11) is 2.04. The van der Waals surface area contributed by atoms with E-state index < -0.39 is 0 Å². The highest BCUT2D eigenvalue weighted by Crippen LogP contribution is 2.31. The second kappa shape index (κ2) is 11.9. The molecule has 3 rings (SSSR count). The van der Waals surface area contributed by atoms with E-state index in [1.165, 1.54) is 5.56 Å². The third-order valence-electron chi connectivity index (χ3n) is 5.60. The normalized spacial score (nSPS) is 27.3. The molecule has 1 aromatic rings. The molecule has 0 aromatic heterocycles. The molecule has 1 aliphatic heterocycles. The van der Waals surface area contributed by atoms with E-state index in [0.29, 0.717) is 19.8 Å². The van der Waals surface area contributed by atoms with E-state index in [9.17, 15) is 4.79 Å². The smallest absolute Gasteiger partial charge is 0.320 e. The van der Waals surface area contributed by atoms with Crippen molar-refractivity contribution < 1.29 is 23.7 Å². The van der Waals surface area contributed by atoms with Crippen LogP contribution in [0.5, 0.6) is 0 Å². The standard InChI is InChI=1S/C22H32ClNO5/c1-24(10-12-26-21(25)15-23)19-13-18(28-16-17-7-3-2-4-8-17)14-20(19)29-22-9-5-6-11-27-22/h2-4,7-8,18-20,22H,5-6,9-16H2,1H3/t18-,19-,20-,22?/m1/s1. The highest BCUT2D eigenvalue weighted by Gasteiger charge is 2.39. The lowest BCUT2D eigenvalue weighted by Crippen LogP contribution is -2.43. The van der Waals surface area contributed by atoms with Gasteiger partial charge in [0.15, 0.2) is 6.29 Å². The molecule has 1 aromatic carbocycles. The highest BCUT2D eigenvalue weighted by molar-refractivity contribution is 6.26. The molecule has 1 unspecified atom stereocenters. The van der Waals surface area contributed by atoms with Gasteiger partial charge in [-0.15, -0.1) is 11.6 Å². The van der Waals surface area contributed by atoms with E-state index in [4.69, 9.17) is 30.5 Å². The molecule has 0 N–H and O–H groups in total. The molecular formula is C22H32ClNO5. The van der Waals surface area contributed by atoms with Crippen molar-refractivity contribution in [1.82, 2.24) is 4.90 Å². The Morgan fingerprint density at radius 3 is 2.79 bits per heavy atom. The summed E-state index contributed by atoms with van der Waals surface area (Å²) in [4.78, 5) is 13.5. The van der Waals surface area contributed by atoms with E-state index in [-0.39, 0.29) is 36.4 Å². The van der Waals surface area contributed by atoms with Crippen molar-refractivity contribution >= 4 is 17.6 Å². The zero-order valence-electron chi connectivity index (χ0n) is 17.1. The summed E-state index contributed by atoms with van der Waals surface area (Å²) in [6.07, 6.45) is 4.92. The maximum Gasteiger partial charge on any atom is 0.320 e. The maximum absolute atomic E-state index is 11.3. The van der Waals surface area contributed by atoms with Crippen LogP contribution < -0.4 is 0 Å². The van der Waals surface area contributed by atoms with E-state index in [1.54, 1.807) is 0 Å². The number of hydrogen-bond donors (Lipinski definition) is 0. The Bertz CT molecular complexity index is 610. The van der Waals surface area contributed by atoms with Gasteiger partial charge in [-0.3, -0.25) is 9.69 Å². The molecule has 1 saturated carbocycles. The van der Waals surface area contributed by atoms with Gasteiger partial charge in [0.1, 0.15) is 12.5 Å². The number of rotatable bonds is 10. The van der Waals surface area contributed by atoms with E-state index in [0.717, 1.165) is 38.7 Å². The first-order valence-electron chi connectivity index (χ1n) is 10.5. The molecule has 0 spiro atoms. The molecule has 2 aliphatic rings. The number of carbonyl (C=O) groups excluding carboxylic acids is 1. The van der Waals surface area contributed by atoms with Gasteiger partial charge in [0.2, 0.25) is 0 Å². The summed E-state index contributed by atoms with van der Waals surface area (Å²) < 4.78 is 23.5. The summed E-state index contributed by atoms with van der Waals surface area (Å²) in [5.41, 5.74) is 1.17. The second-order valence-corrected chi connectivity index (χ2v) is 8.03. The molecule has 0 radical (unpaired) electrons. The molecule has 6 nitrogen and oxygen atoms in total. The minimum absolute atomic E-state index is 0.0348. The first-order valence-corrected chi connectivity index (χ1v) is 11.0. The van der Waals surface area contributed by atoms with Crippen LogP contribution in [0.15, 0.2) is 30.3 Å². The maximum atomic E-state index is 11.3. The zero-order chi connectivity index (χ0) is 20.5. The van der Waals surface area contributed by atoms with Crippen molar-refractivity contribution in [2.45, 2.75) is 63.3 Å². The monoisotopic (exact) mass is 425 g/mol. The lowest BCUT2D eigenvalue weighted by Gasteiger charge is -2.32. The minimum atomic E-state index is -0.390. The number of ether oxygens (including phenoxy) is 4. The van der Waals surface area contributed by atoms with Gasteiger partial charge < -0.3 is 18.9 Å². The number of likely N-dealkylation sites (N-methyl/N-ethyl adjacent to an activating group) is 1. The molecule has 2 fully saturated rings. The number of halogens is 1. The van der Waals surface area contributed by atoms with Crippen LogP contribution in [0.3, 0.4) is 0 Å². The Kier molecular flexibility index (Phi) is 9.21. The molecule has 1 heterocycles. The summed E-state index contributed by atoms with van der Waals surface area (Å²) >= 11 is 5.49. The predicted molar refractivity (Wildman–Crippen MR) is 111 cm³/mol. The Morgan fingerprint density at radius 2 is 2.07 bits per heavy atom. The van der Waals surface area contributed by atoms with Gasteiger partial charge in [0.25, 0.3) is 0 Å². The summed E-state index contributed by atoms with van der Waals surface area (Å²) in [6.45, 7) is 2.31. The van der Waals surface area contributed by atoms with Crippen molar-refractivity contribution in [3.05, 3.63) is 35.9 Å². The molecule has 0 bridgehead atoms. The summed E-state index contributed by atoms with van der Waals surface area (Å²) in [5, 5.41) is 0. The number of carbonyl (C=O) groups is 1. The van der Waals surface area contributed by atoms with E-state index in [1.807, 2.05) is 25.2 Å². The van der Waals surface area contributed by atoms with Crippen LogP contribution in [-0.2, 0) is 30.3 Å². The summed E-state index contributed by atoms with van der Waals surface area (Å²) in [5.74, 6) is -0.508. The zero-order valence-corrected chi connectivity index (χ0v) is 17.9. The number of benzene rings is 1. The highest BCUT2D eigenvalue weighted by atomic mass is 35.5. The van der Waals surface area contributed by atoms with Crippen LogP contribution in [0.25, 0.3) is 0 Å². The Hall–Kier alpha value is -1.18. The molecule has 4 atom stereocenters. The quantitative estimate of drug-likeness (QED) is 0.423. The topological polar surface area (TPSA) is 57.2 Å². The van der Waals surface area contributed by atoms with Gasteiger partial charge >= 0.3 is 5.97 Å². The largest absolute Gasteiger partial charge is 0.463 e. The molecule has 0 amide bonds. The number of hydrogen-bond acceptors (Lipinski definition) is 6. The van der Waals surface area contributed by atoms with Gasteiger partial charge in [-0.25, -0.2) is 0 Å². The van der Waals surface area contributed by atoms with Gasteiger partial charge in [-0.05, 0) is 38.3 Å². The van der Waals surface area contributed by atoms with E-state index in [2.05, 4.69) is 17.0 Å². The lowest BCUT2D eigenvalue weighted by molar-refractivity contribution is -0.196. The van der Waals surface area contributed by atoms with Gasteiger partial charge in [0.05, 0.1) is 18.8 Å². The fourth-order valence-corrected chi connectivity index (χ4v) is 4.07. The Balaban J connectivity index is 1.54. The number of esters is 1. The Labute approximate surface area is 178 Å². The van der Waals surface area contributed by atoms with Crippen LogP contribution in [0, 0.1) is 0 Å². The van der Waals surface area contributed by atoms with Crippen molar-refractivity contribution in [3.8, 4) is 0 Å². The molecule has 7 heteroatoms. The number of alkyl halides is 1. The van der Waals surface area contributed by atoms with Crippen molar-refractivity contribution in [1.29, 1.82) is 0 Å². The fraction of sp³-hybridized carbons (Fsp3) is 0.682. The molecular weight excluding hydrogens is 394 g/mol. The molecule has 1 aliphatic carbocycles. The van der Waals surface area contributed by atoms with Gasteiger partial charge in [0, 0.05) is 25.6 Å². The van der Waals surface area contributed by atoms with Crippen LogP contribution in [-0.4, -0.2) is 68.1 Å². The van der Waals surface area contributed by atoms with Crippen molar-refractivity contribution in [2.75, 3.05) is 32.7 Å². The fourth-order valence-electron chi connectivity index (χ4n) is 3.99. The van der Waals surface area contributed by atoms with E-state index >= 15 is 0 Å². The summed E-state index contributed by atoms with van der Waals surface area (Å²) in [6, 6.07) is 10.4.